The predicted molar refractivity (Wildman–Crippen MR) is 152 cm³/mol. The molecule has 1 atom stereocenters. The predicted octanol–water partition coefficient (Wildman–Crippen LogP) is 5.23. The van der Waals surface area contributed by atoms with Gasteiger partial charge < -0.3 is 4.74 Å². The lowest BCUT2D eigenvalue weighted by Crippen LogP contribution is -2.40. The van der Waals surface area contributed by atoms with Gasteiger partial charge in [-0.2, -0.15) is 0 Å². The van der Waals surface area contributed by atoms with Crippen LogP contribution in [0.2, 0.25) is 0 Å². The van der Waals surface area contributed by atoms with E-state index in [-0.39, 0.29) is 5.56 Å². The molecule has 186 valence electrons. The third-order valence-corrected chi connectivity index (χ3v) is 8.38. The topological polar surface area (TPSA) is 60.7 Å². The van der Waals surface area contributed by atoms with Crippen LogP contribution in [0.1, 0.15) is 30.5 Å². The summed E-state index contributed by atoms with van der Waals surface area (Å²) in [7, 11) is 1.36. The van der Waals surface area contributed by atoms with Gasteiger partial charge in [-0.1, -0.05) is 85.0 Å². The highest BCUT2D eigenvalue weighted by Crippen LogP contribution is 2.32. The summed E-state index contributed by atoms with van der Waals surface area (Å²) in [6.45, 7) is 5.78. The second-order valence-corrected chi connectivity index (χ2v) is 10.6. The molecular weight excluding hydrogens is 500 g/mol. The van der Waals surface area contributed by atoms with E-state index in [1.807, 2.05) is 61.5 Å². The molecule has 1 aliphatic heterocycles. The van der Waals surface area contributed by atoms with Gasteiger partial charge in [-0.15, -0.1) is 18.3 Å². The molecule has 0 amide bonds. The Bertz CT molecular complexity index is 1720. The minimum atomic E-state index is -0.601. The van der Waals surface area contributed by atoms with Crippen molar-refractivity contribution in [2.75, 3.05) is 12.9 Å². The lowest BCUT2D eigenvalue weighted by molar-refractivity contribution is -0.136. The van der Waals surface area contributed by atoms with Crippen molar-refractivity contribution in [2.24, 2.45) is 4.99 Å². The molecule has 2 heterocycles. The van der Waals surface area contributed by atoms with Crippen molar-refractivity contribution in [1.82, 2.24) is 4.57 Å². The van der Waals surface area contributed by atoms with Crippen LogP contribution in [-0.2, 0) is 9.53 Å². The van der Waals surface area contributed by atoms with Crippen LogP contribution in [0, 0.1) is 0 Å². The number of carbonyl (C=O) groups is 1. The minimum Gasteiger partial charge on any atom is -0.466 e. The summed E-state index contributed by atoms with van der Waals surface area (Å²) in [5.41, 5.74) is 2.67. The van der Waals surface area contributed by atoms with Crippen molar-refractivity contribution in [2.45, 2.75) is 24.3 Å². The Morgan fingerprint density at radius 1 is 1.11 bits per heavy atom. The first-order chi connectivity index (χ1) is 18.1. The number of thiazole rings is 1. The minimum absolute atomic E-state index is 0.177. The molecule has 1 aliphatic rings. The smallest absolute Gasteiger partial charge is 0.338 e. The van der Waals surface area contributed by atoms with Gasteiger partial charge in [0, 0.05) is 10.6 Å². The molecule has 0 bridgehead atoms. The zero-order chi connectivity index (χ0) is 25.9. The van der Waals surface area contributed by atoms with E-state index in [1.165, 1.54) is 23.3 Å². The fourth-order valence-electron chi connectivity index (χ4n) is 4.65. The highest BCUT2D eigenvalue weighted by Gasteiger charge is 2.33. The summed E-state index contributed by atoms with van der Waals surface area (Å²) >= 11 is 3.08. The molecule has 7 heteroatoms. The van der Waals surface area contributed by atoms with Crippen LogP contribution in [0.5, 0.6) is 0 Å². The average Bonchev–Trinajstić information content (AvgIpc) is 3.25. The number of benzene rings is 3. The third kappa shape index (κ3) is 4.61. The van der Waals surface area contributed by atoms with Gasteiger partial charge >= 0.3 is 5.97 Å². The Labute approximate surface area is 223 Å². The van der Waals surface area contributed by atoms with Crippen molar-refractivity contribution < 1.29 is 9.53 Å². The molecule has 0 N–H and O–H groups in total. The van der Waals surface area contributed by atoms with Crippen molar-refractivity contribution in [3.05, 3.63) is 121 Å². The number of hydrogen-bond acceptors (Lipinski definition) is 6. The Morgan fingerprint density at radius 3 is 2.54 bits per heavy atom. The SMILES string of the molecule is C=CCSc1ccc(/C=c2\sc3n(c2=O)[C@H](c2ccccc2)C(C(=O)OC)=C(CC)N=3)c2ccccc12. The molecule has 4 aromatic rings. The van der Waals surface area contributed by atoms with Crippen LogP contribution in [0.15, 0.2) is 105 Å². The number of ether oxygens (including phenoxy) is 1. The molecule has 5 rings (SSSR count). The fraction of sp³-hybridized carbons (Fsp3) is 0.167. The van der Waals surface area contributed by atoms with Crippen LogP contribution in [0.25, 0.3) is 16.8 Å². The van der Waals surface area contributed by atoms with Gasteiger partial charge in [0.05, 0.1) is 29.0 Å². The lowest BCUT2D eigenvalue weighted by atomic mass is 9.95. The maximum Gasteiger partial charge on any atom is 0.338 e. The molecule has 5 nitrogen and oxygen atoms in total. The molecule has 1 aromatic heterocycles. The molecule has 3 aromatic carbocycles. The first kappa shape index (κ1) is 25.0. The normalized spacial score (nSPS) is 15.4. The molecule has 0 saturated heterocycles. The number of methoxy groups -OCH3 is 1. The van der Waals surface area contributed by atoms with Gasteiger partial charge in [0.2, 0.25) is 0 Å². The van der Waals surface area contributed by atoms with Crippen LogP contribution < -0.4 is 14.9 Å². The molecular formula is C30H26N2O3S2. The van der Waals surface area contributed by atoms with E-state index in [0.29, 0.717) is 27.0 Å². The Morgan fingerprint density at radius 2 is 1.84 bits per heavy atom. The molecule has 0 aliphatic carbocycles. The number of aromatic nitrogens is 1. The van der Waals surface area contributed by atoms with Crippen LogP contribution in [-0.4, -0.2) is 23.4 Å². The first-order valence-electron chi connectivity index (χ1n) is 12.0. The first-order valence-corrected chi connectivity index (χ1v) is 13.8. The average molecular weight is 527 g/mol. The van der Waals surface area contributed by atoms with Gasteiger partial charge in [-0.05, 0) is 40.5 Å². The van der Waals surface area contributed by atoms with Crippen LogP contribution in [0.4, 0.5) is 0 Å². The molecule has 0 fully saturated rings. The second kappa shape index (κ2) is 10.7. The van der Waals surface area contributed by atoms with E-state index in [2.05, 4.69) is 30.8 Å². The maximum absolute atomic E-state index is 13.9. The van der Waals surface area contributed by atoms with E-state index < -0.39 is 12.0 Å². The lowest BCUT2D eigenvalue weighted by Gasteiger charge is -2.25. The van der Waals surface area contributed by atoms with E-state index >= 15 is 0 Å². The van der Waals surface area contributed by atoms with Crippen molar-refractivity contribution in [3.63, 3.8) is 0 Å². The summed E-state index contributed by atoms with van der Waals surface area (Å²) in [6.07, 6.45) is 4.38. The quantitative estimate of drug-likeness (QED) is 0.188. The molecule has 37 heavy (non-hydrogen) atoms. The van der Waals surface area contributed by atoms with Gasteiger partial charge in [0.1, 0.15) is 0 Å². The number of nitrogens with zero attached hydrogens (tertiary/aromatic N) is 2. The van der Waals surface area contributed by atoms with Gasteiger partial charge in [-0.25, -0.2) is 9.79 Å². The van der Waals surface area contributed by atoms with E-state index in [0.717, 1.165) is 27.7 Å². The molecule has 0 unspecified atom stereocenters. The number of esters is 1. The van der Waals surface area contributed by atoms with Crippen LogP contribution in [0.3, 0.4) is 0 Å². The zero-order valence-electron chi connectivity index (χ0n) is 20.6. The standard InChI is InChI=1S/C30H26N2O3S2/c1-4-17-36-24-16-15-20(21-13-9-10-14-22(21)24)18-25-28(33)32-27(19-11-7-6-8-12-19)26(29(34)35-3)23(5-2)31-30(32)37-25/h4,6-16,18,27H,1,5,17H2,2-3H3/b25-18-/t27-/m1/s1. The Hall–Kier alpha value is -3.68. The van der Waals surface area contributed by atoms with Crippen molar-refractivity contribution >= 4 is 45.9 Å². The maximum atomic E-state index is 13.9. The van der Waals surface area contributed by atoms with E-state index in [1.54, 1.807) is 16.3 Å². The summed E-state index contributed by atoms with van der Waals surface area (Å²) in [4.78, 5) is 33.3. The molecule has 0 spiro atoms. The monoisotopic (exact) mass is 526 g/mol. The highest BCUT2D eigenvalue weighted by molar-refractivity contribution is 7.99. The summed E-state index contributed by atoms with van der Waals surface area (Å²) < 4.78 is 7.33. The van der Waals surface area contributed by atoms with Gasteiger partial charge in [-0.3, -0.25) is 9.36 Å². The summed E-state index contributed by atoms with van der Waals surface area (Å²) in [5.74, 6) is 0.353. The van der Waals surface area contributed by atoms with Crippen LogP contribution >= 0.6 is 23.1 Å². The number of carbonyl (C=O) groups excluding carboxylic acids is 1. The summed E-state index contributed by atoms with van der Waals surface area (Å²) in [6, 6.07) is 21.3. The van der Waals surface area contributed by atoms with Gasteiger partial charge in [0.25, 0.3) is 5.56 Å². The Balaban J connectivity index is 1.74. The summed E-state index contributed by atoms with van der Waals surface area (Å²) in [5, 5.41) is 2.21. The number of hydrogen-bond donors (Lipinski definition) is 0. The fourth-order valence-corrected chi connectivity index (χ4v) is 6.46. The number of rotatable bonds is 7. The van der Waals surface area contributed by atoms with Gasteiger partial charge in [0.15, 0.2) is 4.80 Å². The highest BCUT2D eigenvalue weighted by atomic mass is 32.2. The number of thioether (sulfide) groups is 1. The molecule has 0 saturated carbocycles. The van der Waals surface area contributed by atoms with Crippen molar-refractivity contribution in [3.8, 4) is 0 Å². The third-order valence-electron chi connectivity index (χ3n) is 6.33. The Kier molecular flexibility index (Phi) is 7.26. The number of allylic oxidation sites excluding steroid dienone is 1. The van der Waals surface area contributed by atoms with Crippen molar-refractivity contribution in [1.29, 1.82) is 0 Å². The second-order valence-electron chi connectivity index (χ2n) is 8.50. The van der Waals surface area contributed by atoms with E-state index in [9.17, 15) is 9.59 Å². The zero-order valence-corrected chi connectivity index (χ0v) is 22.3. The molecule has 0 radical (unpaired) electrons. The largest absolute Gasteiger partial charge is 0.466 e. The van der Waals surface area contributed by atoms with E-state index in [4.69, 9.17) is 9.73 Å². The number of fused-ring (bicyclic) bond motifs is 2.